The van der Waals surface area contributed by atoms with Crippen LogP contribution in [0.1, 0.15) is 35.7 Å². The fourth-order valence-electron chi connectivity index (χ4n) is 1.80. The highest BCUT2D eigenvalue weighted by molar-refractivity contribution is 7.91. The molecule has 1 N–H and O–H groups in total. The quantitative estimate of drug-likeness (QED) is 0.616. The van der Waals surface area contributed by atoms with Crippen LogP contribution in [0.2, 0.25) is 0 Å². The van der Waals surface area contributed by atoms with Crippen molar-refractivity contribution in [3.8, 4) is 0 Å². The molecule has 5 heteroatoms. The third kappa shape index (κ3) is 3.92. The first-order chi connectivity index (χ1) is 8.92. The molecule has 0 unspecified atom stereocenters. The number of hydrogen-bond acceptors (Lipinski definition) is 3. The van der Waals surface area contributed by atoms with Gasteiger partial charge in [0.05, 0.1) is 16.2 Å². The molecule has 0 radical (unpaired) electrons. The monoisotopic (exact) mass is 282 g/mol. The van der Waals surface area contributed by atoms with Crippen molar-refractivity contribution in [3.05, 3.63) is 42.0 Å². The molecule has 1 aromatic rings. The van der Waals surface area contributed by atoms with Crippen LogP contribution >= 0.6 is 0 Å². The SMILES string of the molecule is C=CCCCS(=O)(=O)c1cc(C(=O)O)ccc1CC. The van der Waals surface area contributed by atoms with Gasteiger partial charge in [-0.05, 0) is 37.0 Å². The minimum Gasteiger partial charge on any atom is -0.478 e. The van der Waals surface area contributed by atoms with Gasteiger partial charge in [0.15, 0.2) is 9.84 Å². The second kappa shape index (κ2) is 6.52. The highest BCUT2D eigenvalue weighted by Gasteiger charge is 2.19. The molecule has 19 heavy (non-hydrogen) atoms. The Balaban J connectivity index is 3.18. The third-order valence-electron chi connectivity index (χ3n) is 2.85. The van der Waals surface area contributed by atoms with Crippen LogP contribution < -0.4 is 0 Å². The van der Waals surface area contributed by atoms with Gasteiger partial charge in [0, 0.05) is 0 Å². The molecule has 0 saturated carbocycles. The van der Waals surface area contributed by atoms with Gasteiger partial charge in [-0.25, -0.2) is 13.2 Å². The normalized spacial score (nSPS) is 11.2. The Kier molecular flexibility index (Phi) is 5.30. The van der Waals surface area contributed by atoms with Crippen LogP contribution in [0.25, 0.3) is 0 Å². The molecule has 0 fully saturated rings. The largest absolute Gasteiger partial charge is 0.478 e. The summed E-state index contributed by atoms with van der Waals surface area (Å²) < 4.78 is 24.5. The van der Waals surface area contributed by atoms with Crippen LogP contribution in [0.3, 0.4) is 0 Å². The Hall–Kier alpha value is -1.62. The van der Waals surface area contributed by atoms with E-state index < -0.39 is 15.8 Å². The van der Waals surface area contributed by atoms with Crippen molar-refractivity contribution in [2.75, 3.05) is 5.75 Å². The van der Waals surface area contributed by atoms with Crippen LogP contribution in [0, 0.1) is 0 Å². The van der Waals surface area contributed by atoms with Gasteiger partial charge >= 0.3 is 5.97 Å². The second-order valence-corrected chi connectivity index (χ2v) is 6.31. The number of aryl methyl sites for hydroxylation is 1. The summed E-state index contributed by atoms with van der Waals surface area (Å²) in [5.41, 5.74) is 0.656. The summed E-state index contributed by atoms with van der Waals surface area (Å²) >= 11 is 0. The van der Waals surface area contributed by atoms with Gasteiger partial charge in [-0.1, -0.05) is 19.1 Å². The van der Waals surface area contributed by atoms with E-state index in [1.165, 1.54) is 12.1 Å². The topological polar surface area (TPSA) is 71.4 Å². The van der Waals surface area contributed by atoms with E-state index in [1.54, 1.807) is 12.1 Å². The van der Waals surface area contributed by atoms with Gasteiger partial charge in [0.25, 0.3) is 0 Å². The van der Waals surface area contributed by atoms with Crippen LogP contribution in [-0.2, 0) is 16.3 Å². The summed E-state index contributed by atoms with van der Waals surface area (Å²) in [5, 5.41) is 8.94. The van der Waals surface area contributed by atoms with Crippen molar-refractivity contribution in [3.63, 3.8) is 0 Å². The average molecular weight is 282 g/mol. The van der Waals surface area contributed by atoms with E-state index in [-0.39, 0.29) is 16.2 Å². The summed E-state index contributed by atoms with van der Waals surface area (Å²) in [6.45, 7) is 5.40. The minimum atomic E-state index is -3.44. The summed E-state index contributed by atoms with van der Waals surface area (Å²) in [7, 11) is -3.44. The van der Waals surface area contributed by atoms with E-state index >= 15 is 0 Å². The van der Waals surface area contributed by atoms with Crippen LogP contribution in [0.4, 0.5) is 0 Å². The molecular formula is C14H18O4S. The van der Waals surface area contributed by atoms with Crippen molar-refractivity contribution >= 4 is 15.8 Å². The van der Waals surface area contributed by atoms with Crippen molar-refractivity contribution in [2.24, 2.45) is 0 Å². The first-order valence-corrected chi connectivity index (χ1v) is 7.77. The molecule has 4 nitrogen and oxygen atoms in total. The zero-order valence-electron chi connectivity index (χ0n) is 10.9. The Labute approximate surface area is 113 Å². The Morgan fingerprint density at radius 1 is 1.42 bits per heavy atom. The minimum absolute atomic E-state index is 0.000467. The summed E-state index contributed by atoms with van der Waals surface area (Å²) in [6.07, 6.45) is 3.34. The maximum Gasteiger partial charge on any atom is 0.335 e. The van der Waals surface area contributed by atoms with Gasteiger partial charge in [0.1, 0.15) is 0 Å². The van der Waals surface area contributed by atoms with Crippen LogP contribution in [0.5, 0.6) is 0 Å². The summed E-state index contributed by atoms with van der Waals surface area (Å²) in [6, 6.07) is 4.26. The first-order valence-electron chi connectivity index (χ1n) is 6.12. The average Bonchev–Trinajstić information content (AvgIpc) is 2.38. The van der Waals surface area contributed by atoms with Crippen molar-refractivity contribution in [1.29, 1.82) is 0 Å². The second-order valence-electron chi connectivity index (χ2n) is 4.23. The highest BCUT2D eigenvalue weighted by atomic mass is 32.2. The number of rotatable bonds is 7. The van der Waals surface area contributed by atoms with Crippen LogP contribution in [-0.4, -0.2) is 25.2 Å². The Morgan fingerprint density at radius 3 is 2.63 bits per heavy atom. The van der Waals surface area contributed by atoms with Gasteiger partial charge in [-0.15, -0.1) is 6.58 Å². The number of aromatic carboxylic acids is 1. The lowest BCUT2D eigenvalue weighted by atomic mass is 10.1. The van der Waals surface area contributed by atoms with E-state index in [1.807, 2.05) is 6.92 Å². The number of allylic oxidation sites excluding steroid dienone is 1. The first kappa shape index (κ1) is 15.4. The fourth-order valence-corrected chi connectivity index (χ4v) is 3.48. The number of sulfone groups is 1. The van der Waals surface area contributed by atoms with E-state index in [2.05, 4.69) is 6.58 Å². The third-order valence-corrected chi connectivity index (χ3v) is 4.73. The molecule has 1 rings (SSSR count). The molecule has 0 bridgehead atoms. The van der Waals surface area contributed by atoms with Gasteiger partial charge in [-0.3, -0.25) is 0 Å². The molecule has 104 valence electrons. The van der Waals surface area contributed by atoms with Crippen molar-refractivity contribution < 1.29 is 18.3 Å². The molecule has 0 amide bonds. The Bertz CT molecular complexity index is 573. The molecule has 0 aromatic heterocycles. The number of carboxylic acids is 1. The summed E-state index contributed by atoms with van der Waals surface area (Å²) in [4.78, 5) is 11.1. The maximum absolute atomic E-state index is 12.2. The van der Waals surface area contributed by atoms with Crippen LogP contribution in [0.15, 0.2) is 35.7 Å². The zero-order valence-corrected chi connectivity index (χ0v) is 11.7. The molecule has 0 spiro atoms. The van der Waals surface area contributed by atoms with E-state index in [4.69, 9.17) is 5.11 Å². The van der Waals surface area contributed by atoms with Gasteiger partial charge in [0.2, 0.25) is 0 Å². The molecule has 1 aromatic carbocycles. The standard InChI is InChI=1S/C14H18O4S/c1-3-5-6-9-19(17,18)13-10-12(14(15)16)8-7-11(13)4-2/h3,7-8,10H,1,4-6,9H2,2H3,(H,15,16). The predicted molar refractivity (Wildman–Crippen MR) is 74.3 cm³/mol. The van der Waals surface area contributed by atoms with Crippen molar-refractivity contribution in [1.82, 2.24) is 0 Å². The van der Waals surface area contributed by atoms with Crippen molar-refractivity contribution in [2.45, 2.75) is 31.1 Å². The Morgan fingerprint density at radius 2 is 2.11 bits per heavy atom. The molecule has 0 heterocycles. The smallest absolute Gasteiger partial charge is 0.335 e. The molecular weight excluding hydrogens is 264 g/mol. The van der Waals surface area contributed by atoms with E-state index in [9.17, 15) is 13.2 Å². The zero-order chi connectivity index (χ0) is 14.5. The molecule has 0 aliphatic carbocycles. The summed E-state index contributed by atoms with van der Waals surface area (Å²) in [5.74, 6) is -1.11. The predicted octanol–water partition coefficient (Wildman–Crippen LogP) is 2.69. The van der Waals surface area contributed by atoms with E-state index in [0.717, 1.165) is 0 Å². The number of carbonyl (C=O) groups is 1. The number of hydrogen-bond donors (Lipinski definition) is 1. The van der Waals surface area contributed by atoms with Gasteiger partial charge < -0.3 is 5.11 Å². The molecule has 0 aliphatic rings. The molecule has 0 atom stereocenters. The fraction of sp³-hybridized carbons (Fsp3) is 0.357. The van der Waals surface area contributed by atoms with E-state index in [0.29, 0.717) is 24.8 Å². The highest BCUT2D eigenvalue weighted by Crippen LogP contribution is 2.21. The lowest BCUT2D eigenvalue weighted by Gasteiger charge is -2.10. The maximum atomic E-state index is 12.2. The molecule has 0 aliphatic heterocycles. The lowest BCUT2D eigenvalue weighted by Crippen LogP contribution is -2.11. The number of carboxylic acid groups (broad SMARTS) is 1. The number of benzene rings is 1. The lowest BCUT2D eigenvalue weighted by molar-refractivity contribution is 0.0696. The van der Waals surface area contributed by atoms with Gasteiger partial charge in [-0.2, -0.15) is 0 Å². The molecule has 0 saturated heterocycles. The number of unbranched alkanes of at least 4 members (excludes halogenated alkanes) is 1.